The molecule has 0 saturated carbocycles. The minimum Gasteiger partial charge on any atom is -0.309 e. The number of hydrogen-bond acceptors (Lipinski definition) is 7. The molecule has 0 fully saturated rings. The molecule has 474 valence electrons. The second kappa shape index (κ2) is 26.0. The van der Waals surface area contributed by atoms with E-state index in [1.165, 1.54) is 0 Å². The average molecular weight is 1320 g/mol. The monoisotopic (exact) mass is 1320 g/mol. The largest absolute Gasteiger partial charge is 0.309 e. The Bertz CT molecular complexity index is 6470. The van der Waals surface area contributed by atoms with E-state index in [1.54, 1.807) is 78.9 Å². The number of rotatable bonds is 11. The summed E-state index contributed by atoms with van der Waals surface area (Å²) in [5.74, 6) is 1.12. The van der Waals surface area contributed by atoms with Gasteiger partial charge in [0.05, 0.1) is 96.1 Å². The van der Waals surface area contributed by atoms with Gasteiger partial charge in [-0.25, -0.2) is 39.2 Å². The fourth-order valence-corrected chi connectivity index (χ4v) is 14.0. The van der Waals surface area contributed by atoms with Crippen LogP contribution in [0.4, 0.5) is 28.4 Å². The quantitative estimate of drug-likeness (QED) is 0.116. The second-order valence-corrected chi connectivity index (χ2v) is 24.5. The molecule has 0 unspecified atom stereocenters. The van der Waals surface area contributed by atoms with Crippen molar-refractivity contribution in [3.63, 3.8) is 0 Å². The Morgan fingerprint density at radius 2 is 0.663 bits per heavy atom. The first-order chi connectivity index (χ1) is 51.1. The number of hydrogen-bond donors (Lipinski definition) is 0. The zero-order chi connectivity index (χ0) is 71.1. The summed E-state index contributed by atoms with van der Waals surface area (Å²) in [4.78, 5) is 35.1. The molecule has 14 heteroatoms. The fraction of sp³-hybridized carbons (Fsp3) is 0. The zero-order valence-corrected chi connectivity index (χ0v) is 54.7. The van der Waals surface area contributed by atoms with E-state index < -0.39 is 0 Å². The van der Waals surface area contributed by atoms with Gasteiger partial charge >= 0.3 is 0 Å². The molecule has 3 aromatic heterocycles. The minimum atomic E-state index is 0.307. The van der Waals surface area contributed by atoms with E-state index in [0.29, 0.717) is 124 Å². The van der Waals surface area contributed by atoms with E-state index in [4.69, 9.17) is 47.8 Å². The summed E-state index contributed by atoms with van der Waals surface area (Å²) in [6.45, 7) is 40.1. The smallest absolute Gasteiger partial charge is 0.196 e. The summed E-state index contributed by atoms with van der Waals surface area (Å²) in [5, 5.41) is 45.0. The van der Waals surface area contributed by atoms with Gasteiger partial charge in [-0.05, 0) is 158 Å². The van der Waals surface area contributed by atoms with Crippen molar-refractivity contribution in [3.8, 4) is 137 Å². The summed E-state index contributed by atoms with van der Waals surface area (Å²) < 4.78 is 4.40. The van der Waals surface area contributed by atoms with Crippen LogP contribution >= 0.6 is 0 Å². The summed E-state index contributed by atoms with van der Waals surface area (Å²) in [6, 6.07) is 93.1. The van der Waals surface area contributed by atoms with E-state index in [2.05, 4.69) is 100 Å². The molecule has 0 aliphatic carbocycles. The predicted molar refractivity (Wildman–Crippen MR) is 408 cm³/mol. The number of para-hydroxylation sites is 1. The van der Waals surface area contributed by atoms with Gasteiger partial charge in [-0.3, -0.25) is 0 Å². The number of benzene rings is 13. The molecule has 0 amide bonds. The first-order valence-electron chi connectivity index (χ1n) is 32.6. The van der Waals surface area contributed by atoms with Crippen molar-refractivity contribution < 1.29 is 0 Å². The molecule has 0 aliphatic heterocycles. The van der Waals surface area contributed by atoms with Crippen LogP contribution in [-0.2, 0) is 0 Å². The summed E-state index contributed by atoms with van der Waals surface area (Å²) >= 11 is 0. The molecule has 0 atom stereocenters. The molecule has 3 heterocycles. The van der Waals surface area contributed by atoms with Gasteiger partial charge in [0.15, 0.2) is 45.9 Å². The van der Waals surface area contributed by atoms with Gasteiger partial charge in [0.2, 0.25) is 0 Å². The lowest BCUT2D eigenvalue weighted by Crippen LogP contribution is -2.06. The first-order valence-corrected chi connectivity index (χ1v) is 32.6. The standard InChI is InChI=1S/C90H44N14/c1-95-65-29-33-68(62(42-65)51-92)57-24-36-82-75(45-57)76-46-58(69-34-30-66(96-2)43-63(69)52-93)25-37-83(76)103(82)81-39-27-60(71-19-12-13-21-79(71)98-4)48-74(81)73-20-14-22-86(87(73)90-101-88(55-15-8-6-9-16-55)100-89(102-90)56-17-10-7-11-18-56)104-84-38-26-59(70-35-31-67(97-3)44-64(70)53-94)47-77(84)78-49-61(28-40-85(78)104)72-32-23-54(50-91)41-80(72)99-5/h6-49H. The maximum absolute atomic E-state index is 10.6. The number of aromatic nitrogens is 5. The van der Waals surface area contributed by atoms with E-state index >= 15 is 0 Å². The Labute approximate surface area is 596 Å². The van der Waals surface area contributed by atoms with E-state index in [9.17, 15) is 21.0 Å². The normalized spacial score (nSPS) is 10.8. The summed E-state index contributed by atoms with van der Waals surface area (Å²) in [7, 11) is 0. The third-order valence-corrected chi connectivity index (χ3v) is 18.8. The maximum atomic E-state index is 10.6. The number of fused-ring (bicyclic) bond motifs is 6. The molecule has 16 rings (SSSR count). The second-order valence-electron chi connectivity index (χ2n) is 24.5. The lowest BCUT2D eigenvalue weighted by atomic mass is 9.92. The Hall–Kier alpha value is -16.1. The Balaban J connectivity index is 1.05. The van der Waals surface area contributed by atoms with Gasteiger partial charge in [-0.1, -0.05) is 170 Å². The van der Waals surface area contributed by atoms with Crippen molar-refractivity contribution in [2.45, 2.75) is 0 Å². The Morgan fingerprint density at radius 1 is 0.269 bits per heavy atom. The van der Waals surface area contributed by atoms with Crippen molar-refractivity contribution >= 4 is 72.0 Å². The molecule has 13 aromatic carbocycles. The highest BCUT2D eigenvalue weighted by Gasteiger charge is 2.28. The van der Waals surface area contributed by atoms with Crippen molar-refractivity contribution in [2.24, 2.45) is 0 Å². The van der Waals surface area contributed by atoms with Gasteiger partial charge in [-0.15, -0.1) is 0 Å². The van der Waals surface area contributed by atoms with Gasteiger partial charge < -0.3 is 9.13 Å². The predicted octanol–water partition coefficient (Wildman–Crippen LogP) is 23.3. The van der Waals surface area contributed by atoms with E-state index in [0.717, 1.165) is 82.6 Å². The molecular formula is C90H44N14. The molecule has 0 aliphatic rings. The van der Waals surface area contributed by atoms with Crippen LogP contribution in [0.25, 0.3) is 180 Å². The fourth-order valence-electron chi connectivity index (χ4n) is 14.0. The van der Waals surface area contributed by atoms with Crippen molar-refractivity contribution in [2.75, 3.05) is 0 Å². The third kappa shape index (κ3) is 10.8. The maximum Gasteiger partial charge on any atom is 0.196 e. The zero-order valence-electron chi connectivity index (χ0n) is 54.7. The molecule has 0 radical (unpaired) electrons. The Kier molecular flexibility index (Phi) is 15.7. The lowest BCUT2D eigenvalue weighted by molar-refractivity contribution is 1.06. The Morgan fingerprint density at radius 3 is 1.12 bits per heavy atom. The summed E-state index contributed by atoms with van der Waals surface area (Å²) in [5.41, 5.74) is 17.8. The molecule has 0 N–H and O–H groups in total. The van der Waals surface area contributed by atoms with Gasteiger partial charge in [-0.2, -0.15) is 21.0 Å². The summed E-state index contributed by atoms with van der Waals surface area (Å²) in [6.07, 6.45) is 0. The van der Waals surface area contributed by atoms with Crippen LogP contribution in [0.3, 0.4) is 0 Å². The molecule has 0 saturated heterocycles. The van der Waals surface area contributed by atoms with Crippen molar-refractivity contribution in [1.29, 1.82) is 21.0 Å². The molecule has 16 aromatic rings. The van der Waals surface area contributed by atoms with Crippen molar-refractivity contribution in [1.82, 2.24) is 24.1 Å². The van der Waals surface area contributed by atoms with E-state index in [-0.39, 0.29) is 0 Å². The number of nitriles is 4. The highest BCUT2D eigenvalue weighted by molar-refractivity contribution is 6.15. The molecule has 0 bridgehead atoms. The minimum absolute atomic E-state index is 0.307. The van der Waals surface area contributed by atoms with E-state index in [1.807, 2.05) is 146 Å². The molecule has 0 spiro atoms. The first kappa shape index (κ1) is 62.7. The molecule has 14 nitrogen and oxygen atoms in total. The SMILES string of the molecule is [C-]#[N+]c1ccc(-c2ccc3c(c2)c2cc(-c4ccc([N+]#[C-])cc4C#N)ccc2n3-c2ccc(-c3ccccc3[N+]#[C-])cc2-c2cccc(-n3c4ccc(-c5ccc([N+]#[C-])cc5C#N)cc4c4cc(-c5ccc(C#N)cc5[N+]#[C-])ccc43)c2-c2nc(-c3ccccc3)nc(-c3ccccc3)n2)c(C#N)c1. The van der Waals surface area contributed by atoms with Gasteiger partial charge in [0.1, 0.15) is 0 Å². The van der Waals surface area contributed by atoms with Crippen LogP contribution < -0.4 is 0 Å². The highest BCUT2D eigenvalue weighted by atomic mass is 15.1. The van der Waals surface area contributed by atoms with Gasteiger partial charge in [0.25, 0.3) is 0 Å². The van der Waals surface area contributed by atoms with Crippen LogP contribution in [0.15, 0.2) is 267 Å². The van der Waals surface area contributed by atoms with Crippen molar-refractivity contribution in [3.05, 3.63) is 346 Å². The average Bonchev–Trinajstić information content (AvgIpc) is 1.56. The van der Waals surface area contributed by atoms with Crippen LogP contribution in [-0.4, -0.2) is 24.1 Å². The third-order valence-electron chi connectivity index (χ3n) is 18.8. The molecule has 104 heavy (non-hydrogen) atoms. The van der Waals surface area contributed by atoms with Crippen LogP contribution in [0, 0.1) is 78.2 Å². The van der Waals surface area contributed by atoms with Crippen LogP contribution in [0.5, 0.6) is 0 Å². The lowest BCUT2D eigenvalue weighted by Gasteiger charge is -2.22. The van der Waals surface area contributed by atoms with Crippen LogP contribution in [0.2, 0.25) is 0 Å². The molecular weight excluding hydrogens is 1280 g/mol. The van der Waals surface area contributed by atoms with Crippen LogP contribution in [0.1, 0.15) is 22.3 Å². The highest BCUT2D eigenvalue weighted by Crippen LogP contribution is 2.49. The topological polar surface area (TPSA) is 165 Å². The number of nitrogens with zero attached hydrogens (tertiary/aromatic N) is 14. The van der Waals surface area contributed by atoms with Gasteiger partial charge in [0, 0.05) is 60.5 Å².